The van der Waals surface area contributed by atoms with E-state index in [1.54, 1.807) is 43.3 Å². The summed E-state index contributed by atoms with van der Waals surface area (Å²) >= 11 is 0. The second kappa shape index (κ2) is 12.2. The quantitative estimate of drug-likeness (QED) is 0.432. The number of nitrogens with one attached hydrogen (secondary N) is 3. The third kappa shape index (κ3) is 7.78. The average Bonchev–Trinajstić information content (AvgIpc) is 2.86. The molecule has 0 bridgehead atoms. The lowest BCUT2D eigenvalue weighted by molar-refractivity contribution is -0.128. The van der Waals surface area contributed by atoms with Crippen molar-refractivity contribution in [3.63, 3.8) is 0 Å². The third-order valence-electron chi connectivity index (χ3n) is 5.24. The minimum Gasteiger partial charge on any atom is -0.376 e. The number of nitrogens with zero attached hydrogens (tertiary/aromatic N) is 1. The van der Waals surface area contributed by atoms with Gasteiger partial charge in [-0.1, -0.05) is 48.5 Å². The van der Waals surface area contributed by atoms with Crippen molar-refractivity contribution in [1.29, 1.82) is 0 Å². The summed E-state index contributed by atoms with van der Waals surface area (Å²) in [5.74, 6) is -0.329. The normalized spacial score (nSPS) is 10.3. The molecule has 0 radical (unpaired) electrons. The lowest BCUT2D eigenvalue weighted by atomic mass is 10.1. The molecule has 0 fully saturated rings. The Hall–Kier alpha value is -4.13. The molecule has 7 nitrogen and oxygen atoms in total. The summed E-state index contributed by atoms with van der Waals surface area (Å²) < 4.78 is 0. The lowest BCUT2D eigenvalue weighted by Gasteiger charge is -2.11. The van der Waals surface area contributed by atoms with Crippen LogP contribution in [0.5, 0.6) is 0 Å². The van der Waals surface area contributed by atoms with Crippen molar-refractivity contribution in [2.45, 2.75) is 19.4 Å². The Kier molecular flexibility index (Phi) is 8.80. The molecule has 0 unspecified atom stereocenters. The monoisotopic (exact) mass is 458 g/mol. The second-order valence-corrected chi connectivity index (χ2v) is 8.14. The highest BCUT2D eigenvalue weighted by molar-refractivity contribution is 5.98. The van der Waals surface area contributed by atoms with E-state index in [-0.39, 0.29) is 24.3 Å². The zero-order valence-corrected chi connectivity index (χ0v) is 19.5. The molecule has 3 rings (SSSR count). The molecule has 7 heteroatoms. The van der Waals surface area contributed by atoms with Crippen LogP contribution in [0.2, 0.25) is 0 Å². The maximum atomic E-state index is 12.5. The summed E-state index contributed by atoms with van der Waals surface area (Å²) in [7, 11) is 3.49. The fourth-order valence-electron chi connectivity index (χ4n) is 3.27. The predicted molar refractivity (Wildman–Crippen MR) is 135 cm³/mol. The molecule has 3 aromatic carbocycles. The van der Waals surface area contributed by atoms with Crippen molar-refractivity contribution in [3.05, 3.63) is 95.6 Å². The summed E-state index contributed by atoms with van der Waals surface area (Å²) in [6.45, 7) is 0.522. The van der Waals surface area contributed by atoms with Crippen LogP contribution in [0.1, 0.15) is 27.9 Å². The van der Waals surface area contributed by atoms with E-state index >= 15 is 0 Å². The first-order chi connectivity index (χ1) is 16.4. The van der Waals surface area contributed by atoms with E-state index in [4.69, 9.17) is 0 Å². The third-order valence-corrected chi connectivity index (χ3v) is 5.24. The number of hydrogen-bond donors (Lipinski definition) is 3. The van der Waals surface area contributed by atoms with Gasteiger partial charge in [-0.25, -0.2) is 0 Å². The summed E-state index contributed by atoms with van der Waals surface area (Å²) in [4.78, 5) is 38.1. The molecule has 0 aliphatic carbocycles. The van der Waals surface area contributed by atoms with Gasteiger partial charge in [0.15, 0.2) is 0 Å². The molecule has 0 saturated heterocycles. The minimum absolute atomic E-state index is 0.0862. The van der Waals surface area contributed by atoms with E-state index < -0.39 is 0 Å². The molecule has 0 heterocycles. The molecule has 3 aromatic rings. The largest absolute Gasteiger partial charge is 0.376 e. The second-order valence-electron chi connectivity index (χ2n) is 8.14. The number of benzene rings is 3. The predicted octanol–water partition coefficient (Wildman–Crippen LogP) is 3.69. The van der Waals surface area contributed by atoms with E-state index in [0.29, 0.717) is 30.6 Å². The lowest BCUT2D eigenvalue weighted by Crippen LogP contribution is -2.24. The molecule has 0 aliphatic heterocycles. The average molecular weight is 459 g/mol. The molecule has 0 atom stereocenters. The summed E-state index contributed by atoms with van der Waals surface area (Å²) in [6, 6.07) is 24.2. The zero-order chi connectivity index (χ0) is 24.3. The topological polar surface area (TPSA) is 90.5 Å². The minimum atomic E-state index is -0.220. The number of hydrogen-bond acceptors (Lipinski definition) is 4. The molecule has 0 aliphatic rings. The van der Waals surface area contributed by atoms with Gasteiger partial charge in [-0.05, 0) is 47.9 Å². The molecule has 0 saturated carbocycles. The summed E-state index contributed by atoms with van der Waals surface area (Å²) in [5.41, 5.74) is 3.92. The molecule has 0 spiro atoms. The van der Waals surface area contributed by atoms with Crippen molar-refractivity contribution in [3.8, 4) is 0 Å². The van der Waals surface area contributed by atoms with Gasteiger partial charge in [0.2, 0.25) is 11.8 Å². The van der Waals surface area contributed by atoms with Crippen LogP contribution in [0.4, 0.5) is 11.4 Å². The Balaban J connectivity index is 1.45. The van der Waals surface area contributed by atoms with Gasteiger partial charge < -0.3 is 20.9 Å². The van der Waals surface area contributed by atoms with Gasteiger partial charge in [0.25, 0.3) is 5.91 Å². The first kappa shape index (κ1) is 24.5. The van der Waals surface area contributed by atoms with Crippen LogP contribution in [0.15, 0.2) is 78.9 Å². The highest BCUT2D eigenvalue weighted by Gasteiger charge is 2.09. The van der Waals surface area contributed by atoms with E-state index in [0.717, 1.165) is 16.8 Å². The first-order valence-corrected chi connectivity index (χ1v) is 11.2. The Morgan fingerprint density at radius 1 is 0.794 bits per heavy atom. The van der Waals surface area contributed by atoms with Crippen LogP contribution in [0, 0.1) is 0 Å². The smallest absolute Gasteiger partial charge is 0.251 e. The van der Waals surface area contributed by atoms with Crippen LogP contribution in [0.3, 0.4) is 0 Å². The summed E-state index contributed by atoms with van der Waals surface area (Å²) in [6.07, 6.45) is 1.14. The van der Waals surface area contributed by atoms with Gasteiger partial charge in [0.05, 0.1) is 6.54 Å². The number of aryl methyl sites for hydroxylation is 1. The number of anilines is 2. The summed E-state index contributed by atoms with van der Waals surface area (Å²) in [5, 5.41) is 8.78. The van der Waals surface area contributed by atoms with Crippen LogP contribution < -0.4 is 16.0 Å². The maximum absolute atomic E-state index is 12.5. The van der Waals surface area contributed by atoms with Crippen molar-refractivity contribution >= 4 is 29.1 Å². The van der Waals surface area contributed by atoms with Gasteiger partial charge in [0.1, 0.15) is 0 Å². The molecule has 3 amide bonds. The molecule has 3 N–H and O–H groups in total. The molecule has 34 heavy (non-hydrogen) atoms. The van der Waals surface area contributed by atoms with Crippen LogP contribution in [0.25, 0.3) is 0 Å². The highest BCUT2D eigenvalue weighted by atomic mass is 16.2. The van der Waals surface area contributed by atoms with Crippen LogP contribution >= 0.6 is 0 Å². The molecular weight excluding hydrogens is 428 g/mol. The number of rotatable bonds is 10. The van der Waals surface area contributed by atoms with E-state index in [9.17, 15) is 14.4 Å². The Labute approximate surface area is 200 Å². The van der Waals surface area contributed by atoms with Gasteiger partial charge in [-0.2, -0.15) is 0 Å². The van der Waals surface area contributed by atoms with E-state index in [1.807, 2.05) is 54.6 Å². The Morgan fingerprint density at radius 3 is 2.24 bits per heavy atom. The maximum Gasteiger partial charge on any atom is 0.251 e. The number of amides is 3. The van der Waals surface area contributed by atoms with Crippen molar-refractivity contribution in [2.24, 2.45) is 0 Å². The van der Waals surface area contributed by atoms with Gasteiger partial charge >= 0.3 is 0 Å². The van der Waals surface area contributed by atoms with E-state index in [2.05, 4.69) is 16.0 Å². The van der Waals surface area contributed by atoms with Gasteiger partial charge in [0, 0.05) is 44.0 Å². The molecular formula is C27H30N4O3. The molecule has 176 valence electrons. The van der Waals surface area contributed by atoms with Gasteiger partial charge in [-0.15, -0.1) is 0 Å². The number of carbonyl (C=O) groups is 3. The number of carbonyl (C=O) groups excluding carboxylic acids is 3. The van der Waals surface area contributed by atoms with Gasteiger partial charge in [-0.3, -0.25) is 14.4 Å². The van der Waals surface area contributed by atoms with Crippen molar-refractivity contribution in [1.82, 2.24) is 10.2 Å². The first-order valence-electron chi connectivity index (χ1n) is 11.2. The fourth-order valence-corrected chi connectivity index (χ4v) is 3.27. The molecule has 0 aromatic heterocycles. The van der Waals surface area contributed by atoms with Crippen molar-refractivity contribution in [2.75, 3.05) is 31.3 Å². The Morgan fingerprint density at radius 2 is 1.53 bits per heavy atom. The van der Waals surface area contributed by atoms with E-state index in [1.165, 1.54) is 0 Å². The van der Waals surface area contributed by atoms with Crippen LogP contribution in [-0.4, -0.2) is 43.3 Å². The van der Waals surface area contributed by atoms with Crippen molar-refractivity contribution < 1.29 is 14.4 Å². The Bertz CT molecular complexity index is 1110. The zero-order valence-electron chi connectivity index (χ0n) is 19.5. The highest BCUT2D eigenvalue weighted by Crippen LogP contribution is 2.13. The fraction of sp³-hybridized carbons (Fsp3) is 0.222. The standard InChI is InChI=1S/C27H30N4O3/c1-31(2)26(33)16-13-20-11-14-23(15-12-20)28-19-25(32)30-24-10-6-9-22(17-24)27(34)29-18-21-7-4-3-5-8-21/h3-12,14-15,17,28H,13,16,18-19H2,1-2H3,(H,29,34)(H,30,32). The SMILES string of the molecule is CN(C)C(=O)CCc1ccc(NCC(=O)Nc2cccc(C(=O)NCc3ccccc3)c2)cc1. The van der Waals surface area contributed by atoms with Crippen LogP contribution in [-0.2, 0) is 22.6 Å².